The van der Waals surface area contributed by atoms with E-state index in [1.165, 1.54) is 0 Å². The number of aromatic nitrogens is 1. The highest BCUT2D eigenvalue weighted by Gasteiger charge is 2.68. The molecule has 0 unspecified atom stereocenters. The fraction of sp³-hybridized carbons (Fsp3) is 0.640. The van der Waals surface area contributed by atoms with E-state index >= 15 is 0 Å². The lowest BCUT2D eigenvalue weighted by molar-refractivity contribution is -0.164. The Balaban J connectivity index is 1.39. The van der Waals surface area contributed by atoms with Crippen molar-refractivity contribution in [3.8, 4) is 11.5 Å². The molecule has 5 rings (SSSR count). The van der Waals surface area contributed by atoms with Gasteiger partial charge in [0.1, 0.15) is 12.4 Å². The number of nitrogens with zero attached hydrogens (tertiary/aromatic N) is 1. The molecule has 1 aromatic carbocycles. The van der Waals surface area contributed by atoms with Gasteiger partial charge in [-0.3, -0.25) is 0 Å². The first-order chi connectivity index (χ1) is 14.8. The number of ether oxygens (including phenoxy) is 3. The molecule has 2 bridgehead atoms. The van der Waals surface area contributed by atoms with Crippen molar-refractivity contribution in [3.63, 3.8) is 0 Å². The molecule has 2 aliphatic carbocycles. The largest absolute Gasteiger partial charge is 0.493 e. The molecule has 6 heteroatoms. The van der Waals surface area contributed by atoms with Crippen LogP contribution in [0.2, 0.25) is 0 Å². The molecule has 2 heterocycles. The highest BCUT2D eigenvalue weighted by atomic mass is 16.5. The number of hydrogen-bond donors (Lipinski definition) is 1. The van der Waals surface area contributed by atoms with E-state index in [-0.39, 0.29) is 23.0 Å². The van der Waals surface area contributed by atoms with Crippen molar-refractivity contribution in [1.29, 1.82) is 0 Å². The lowest BCUT2D eigenvalue weighted by Crippen LogP contribution is -2.51. The second-order valence-electron chi connectivity index (χ2n) is 10.2. The van der Waals surface area contributed by atoms with Crippen LogP contribution in [0.25, 0.3) is 0 Å². The van der Waals surface area contributed by atoms with Crippen LogP contribution in [-0.2, 0) is 11.3 Å². The van der Waals surface area contributed by atoms with Gasteiger partial charge in [-0.1, -0.05) is 25.1 Å². The van der Waals surface area contributed by atoms with Gasteiger partial charge in [-0.25, -0.2) is 0 Å². The summed E-state index contributed by atoms with van der Waals surface area (Å²) >= 11 is 0. The Morgan fingerprint density at radius 2 is 2.03 bits per heavy atom. The first-order valence-corrected chi connectivity index (χ1v) is 11.3. The van der Waals surface area contributed by atoms with Crippen molar-refractivity contribution < 1.29 is 23.8 Å². The minimum absolute atomic E-state index is 0.00796. The molecule has 1 saturated heterocycles. The lowest BCUT2D eigenvalue weighted by atomic mass is 9.60. The minimum Gasteiger partial charge on any atom is -0.493 e. The van der Waals surface area contributed by atoms with Gasteiger partial charge in [0.25, 0.3) is 0 Å². The van der Waals surface area contributed by atoms with Crippen molar-refractivity contribution in [2.75, 3.05) is 13.7 Å². The minimum atomic E-state index is -0.269. The average Bonchev–Trinajstić information content (AvgIpc) is 3.37. The van der Waals surface area contributed by atoms with Crippen molar-refractivity contribution >= 4 is 0 Å². The monoisotopic (exact) mass is 427 g/mol. The Morgan fingerprint density at radius 1 is 1.23 bits per heavy atom. The second-order valence-corrected chi connectivity index (χ2v) is 10.2. The van der Waals surface area contributed by atoms with Gasteiger partial charge in [0.05, 0.1) is 30.6 Å². The average molecular weight is 428 g/mol. The van der Waals surface area contributed by atoms with Crippen LogP contribution in [0.4, 0.5) is 0 Å². The molecule has 6 nitrogen and oxygen atoms in total. The number of hydrogen-bond acceptors (Lipinski definition) is 6. The molecular formula is C25H33NO5. The highest BCUT2D eigenvalue weighted by molar-refractivity contribution is 5.44. The van der Waals surface area contributed by atoms with Crippen LogP contribution in [0.15, 0.2) is 22.7 Å². The number of benzene rings is 1. The van der Waals surface area contributed by atoms with Crippen LogP contribution in [0.5, 0.6) is 11.5 Å². The van der Waals surface area contributed by atoms with Crippen molar-refractivity contribution in [1.82, 2.24) is 5.16 Å². The van der Waals surface area contributed by atoms with Gasteiger partial charge < -0.3 is 23.8 Å². The fourth-order valence-electron chi connectivity index (χ4n) is 6.59. The highest BCUT2D eigenvalue weighted by Crippen LogP contribution is 2.70. The fourth-order valence-corrected chi connectivity index (χ4v) is 6.59. The molecule has 168 valence electrons. The van der Waals surface area contributed by atoms with Crippen LogP contribution in [0.3, 0.4) is 0 Å². The number of methoxy groups -OCH3 is 1. The van der Waals surface area contributed by atoms with Crippen molar-refractivity contribution in [2.24, 2.45) is 22.7 Å². The Bertz CT molecular complexity index is 963. The van der Waals surface area contributed by atoms with Gasteiger partial charge in [-0.15, -0.1) is 0 Å². The third-order valence-corrected chi connectivity index (χ3v) is 8.50. The number of aliphatic hydroxyl groups excluding tert-OH is 1. The maximum Gasteiger partial charge on any atom is 0.161 e. The van der Waals surface area contributed by atoms with Crippen molar-refractivity contribution in [3.05, 3.63) is 40.8 Å². The maximum absolute atomic E-state index is 11.2. The second kappa shape index (κ2) is 7.24. The predicted octanol–water partition coefficient (Wildman–Crippen LogP) is 4.75. The zero-order valence-corrected chi connectivity index (χ0v) is 19.1. The van der Waals surface area contributed by atoms with E-state index in [0.717, 1.165) is 41.8 Å². The van der Waals surface area contributed by atoms with E-state index in [4.69, 9.17) is 18.7 Å². The first kappa shape index (κ1) is 20.8. The van der Waals surface area contributed by atoms with Gasteiger partial charge in [0.2, 0.25) is 0 Å². The molecule has 5 atom stereocenters. The molecule has 1 spiro atoms. The molecule has 2 saturated carbocycles. The van der Waals surface area contributed by atoms with Gasteiger partial charge in [-0.05, 0) is 68.1 Å². The van der Waals surface area contributed by atoms with Crippen LogP contribution >= 0.6 is 0 Å². The number of aryl methyl sites for hydroxylation is 2. The quantitative estimate of drug-likeness (QED) is 0.742. The summed E-state index contributed by atoms with van der Waals surface area (Å²) in [5, 5.41) is 15.2. The summed E-state index contributed by atoms with van der Waals surface area (Å²) in [5.74, 6) is 3.04. The first-order valence-electron chi connectivity index (χ1n) is 11.3. The lowest BCUT2D eigenvalue weighted by Gasteiger charge is -2.51. The van der Waals surface area contributed by atoms with E-state index in [1.54, 1.807) is 7.11 Å². The van der Waals surface area contributed by atoms with Crippen LogP contribution in [0.1, 0.15) is 61.8 Å². The molecule has 1 N–H and O–H groups in total. The third kappa shape index (κ3) is 3.02. The summed E-state index contributed by atoms with van der Waals surface area (Å²) in [6, 6.07) is 6.08. The molecule has 0 amide bonds. The molecule has 3 fully saturated rings. The number of rotatable bonds is 5. The summed E-state index contributed by atoms with van der Waals surface area (Å²) in [7, 11) is 1.66. The molecule has 31 heavy (non-hydrogen) atoms. The normalized spacial score (nSPS) is 33.4. The summed E-state index contributed by atoms with van der Waals surface area (Å²) < 4.78 is 23.2. The van der Waals surface area contributed by atoms with E-state index < -0.39 is 0 Å². The Hall–Kier alpha value is -2.05. The van der Waals surface area contributed by atoms with E-state index in [2.05, 4.69) is 25.1 Å². The predicted molar refractivity (Wildman–Crippen MR) is 115 cm³/mol. The number of fused-ring (bicyclic) bond motifs is 1. The molecule has 3 aliphatic rings. The molecule has 2 aromatic rings. The number of aliphatic hydroxyl groups is 1. The Labute approximate surface area is 183 Å². The standard InChI is InChI=1S/C25H33NO5/c1-14-18(15(2)31-26-14)13-30-20-7-6-16(10-21(20)28-5)22-19-11-17-12-25(19,8-9-29-22)23(27)24(17,3)4/h6-7,10,17,19,22-23,27H,8-9,11-13H2,1-5H3/t17-,19-,22-,23-,25-/m1/s1. The van der Waals surface area contributed by atoms with Gasteiger partial charge in [-0.2, -0.15) is 0 Å². The molecule has 0 radical (unpaired) electrons. The summed E-state index contributed by atoms with van der Waals surface area (Å²) in [6.45, 7) is 9.33. The molecular weight excluding hydrogens is 394 g/mol. The maximum atomic E-state index is 11.2. The zero-order chi connectivity index (χ0) is 22.0. The van der Waals surface area contributed by atoms with Gasteiger partial charge in [0, 0.05) is 12.0 Å². The zero-order valence-electron chi connectivity index (χ0n) is 19.1. The third-order valence-electron chi connectivity index (χ3n) is 8.50. The van der Waals surface area contributed by atoms with Crippen LogP contribution < -0.4 is 9.47 Å². The molecule has 1 aromatic heterocycles. The van der Waals surface area contributed by atoms with E-state index in [0.29, 0.717) is 36.5 Å². The summed E-state index contributed by atoms with van der Waals surface area (Å²) in [4.78, 5) is 0. The van der Waals surface area contributed by atoms with Gasteiger partial charge in [0.15, 0.2) is 11.5 Å². The smallest absolute Gasteiger partial charge is 0.161 e. The van der Waals surface area contributed by atoms with Crippen LogP contribution in [0, 0.1) is 36.5 Å². The van der Waals surface area contributed by atoms with Gasteiger partial charge >= 0.3 is 0 Å². The summed E-state index contributed by atoms with van der Waals surface area (Å²) in [6.07, 6.45) is 2.89. The topological polar surface area (TPSA) is 74.0 Å². The van der Waals surface area contributed by atoms with Crippen LogP contribution in [-0.4, -0.2) is 30.1 Å². The molecule has 1 aliphatic heterocycles. The summed E-state index contributed by atoms with van der Waals surface area (Å²) in [5.41, 5.74) is 2.87. The van der Waals surface area contributed by atoms with Crippen molar-refractivity contribution in [2.45, 2.75) is 65.8 Å². The van der Waals surface area contributed by atoms with E-state index in [1.807, 2.05) is 26.0 Å². The Morgan fingerprint density at radius 3 is 2.71 bits per heavy atom. The van der Waals surface area contributed by atoms with E-state index in [9.17, 15) is 5.11 Å². The Kier molecular flexibility index (Phi) is 4.87. The SMILES string of the molecule is COc1cc([C@H]2OCC[C@@]34C[C@@H](C[C@H]23)C(C)(C)[C@H]4O)ccc1OCc1c(C)noc1C.